The van der Waals surface area contributed by atoms with Crippen LogP contribution in [-0.2, 0) is 6.42 Å². The Hall–Kier alpha value is -1.32. The Morgan fingerprint density at radius 3 is 2.90 bits per heavy atom. The van der Waals surface area contributed by atoms with Crippen molar-refractivity contribution in [3.63, 3.8) is 0 Å². The molecular weight excluding hydrogens is 272 g/mol. The van der Waals surface area contributed by atoms with Crippen molar-refractivity contribution in [3.8, 4) is 11.3 Å². The van der Waals surface area contributed by atoms with Crippen molar-refractivity contribution in [1.82, 2.24) is 10.3 Å². The maximum atomic E-state index is 6.13. The number of oxazole rings is 1. The van der Waals surface area contributed by atoms with Crippen molar-refractivity contribution in [1.29, 1.82) is 0 Å². The second-order valence-corrected chi connectivity index (χ2v) is 5.65. The van der Waals surface area contributed by atoms with Crippen molar-refractivity contribution in [2.45, 2.75) is 39.7 Å². The van der Waals surface area contributed by atoms with Crippen LogP contribution >= 0.6 is 11.6 Å². The van der Waals surface area contributed by atoms with E-state index in [2.05, 4.69) is 24.1 Å². The molecule has 0 saturated heterocycles. The maximum Gasteiger partial charge on any atom is 0.194 e. The number of aromatic nitrogens is 1. The van der Waals surface area contributed by atoms with Gasteiger partial charge in [0.25, 0.3) is 0 Å². The Morgan fingerprint density at radius 1 is 1.35 bits per heavy atom. The van der Waals surface area contributed by atoms with Gasteiger partial charge in [0.05, 0.1) is 6.20 Å². The lowest BCUT2D eigenvalue weighted by Crippen LogP contribution is -2.23. The number of nitrogens with one attached hydrogen (secondary N) is 1. The summed E-state index contributed by atoms with van der Waals surface area (Å²) < 4.78 is 5.82. The van der Waals surface area contributed by atoms with E-state index in [0.717, 1.165) is 47.2 Å². The monoisotopic (exact) mass is 292 g/mol. The molecule has 0 unspecified atom stereocenters. The molecule has 0 amide bonds. The summed E-state index contributed by atoms with van der Waals surface area (Å²) >= 11 is 6.13. The minimum Gasteiger partial charge on any atom is -0.441 e. The highest BCUT2D eigenvalue weighted by molar-refractivity contribution is 6.31. The Balaban J connectivity index is 2.00. The fourth-order valence-electron chi connectivity index (χ4n) is 2.06. The zero-order valence-electron chi connectivity index (χ0n) is 12.2. The lowest BCUT2D eigenvalue weighted by Gasteiger charge is -2.06. The number of benzene rings is 1. The summed E-state index contributed by atoms with van der Waals surface area (Å²) in [5.74, 6) is 1.57. The van der Waals surface area contributed by atoms with Crippen LogP contribution in [0.3, 0.4) is 0 Å². The van der Waals surface area contributed by atoms with Crippen molar-refractivity contribution in [3.05, 3.63) is 40.9 Å². The van der Waals surface area contributed by atoms with E-state index in [-0.39, 0.29) is 0 Å². The van der Waals surface area contributed by atoms with Crippen LogP contribution in [0.5, 0.6) is 0 Å². The highest BCUT2D eigenvalue weighted by atomic mass is 35.5. The SMILES string of the molecule is Cc1c(Cl)cccc1-c1cnc(CCCNC(C)C)o1. The molecule has 2 rings (SSSR count). The van der Waals surface area contributed by atoms with E-state index in [1.54, 1.807) is 6.20 Å². The minimum absolute atomic E-state index is 0.518. The first kappa shape index (κ1) is 15.1. The van der Waals surface area contributed by atoms with Gasteiger partial charge < -0.3 is 9.73 Å². The van der Waals surface area contributed by atoms with Gasteiger partial charge in [0.1, 0.15) is 0 Å². The predicted octanol–water partition coefficient (Wildman–Crippen LogP) is 4.23. The third-order valence-corrected chi connectivity index (χ3v) is 3.62. The Morgan fingerprint density at radius 2 is 2.15 bits per heavy atom. The van der Waals surface area contributed by atoms with Gasteiger partial charge in [-0.2, -0.15) is 0 Å². The Kier molecular flexibility index (Phi) is 5.21. The van der Waals surface area contributed by atoms with Gasteiger partial charge in [0.2, 0.25) is 0 Å². The fourth-order valence-corrected chi connectivity index (χ4v) is 2.23. The molecule has 2 aromatic rings. The third-order valence-electron chi connectivity index (χ3n) is 3.21. The molecule has 1 heterocycles. The average molecular weight is 293 g/mol. The molecule has 0 bridgehead atoms. The van der Waals surface area contributed by atoms with Gasteiger partial charge in [-0.25, -0.2) is 4.98 Å². The molecule has 0 atom stereocenters. The van der Waals surface area contributed by atoms with Crippen LogP contribution in [0.1, 0.15) is 31.7 Å². The number of rotatable bonds is 6. The largest absolute Gasteiger partial charge is 0.441 e. The van der Waals surface area contributed by atoms with Gasteiger partial charge in [0, 0.05) is 23.0 Å². The number of hydrogen-bond acceptors (Lipinski definition) is 3. The molecule has 0 aliphatic heterocycles. The summed E-state index contributed by atoms with van der Waals surface area (Å²) in [5.41, 5.74) is 2.04. The van der Waals surface area contributed by atoms with Crippen LogP contribution in [-0.4, -0.2) is 17.6 Å². The summed E-state index contributed by atoms with van der Waals surface area (Å²) in [6.45, 7) is 7.26. The van der Waals surface area contributed by atoms with Crippen LogP contribution in [0.4, 0.5) is 0 Å². The minimum atomic E-state index is 0.518. The van der Waals surface area contributed by atoms with Crippen molar-refractivity contribution >= 4 is 11.6 Å². The van der Waals surface area contributed by atoms with Gasteiger partial charge in [-0.1, -0.05) is 37.6 Å². The number of hydrogen-bond donors (Lipinski definition) is 1. The van der Waals surface area contributed by atoms with E-state index in [9.17, 15) is 0 Å². The van der Waals surface area contributed by atoms with Gasteiger partial charge in [-0.05, 0) is 31.5 Å². The first-order valence-corrected chi connectivity index (χ1v) is 7.39. The lowest BCUT2D eigenvalue weighted by atomic mass is 10.1. The average Bonchev–Trinajstić information content (AvgIpc) is 2.86. The summed E-state index contributed by atoms with van der Waals surface area (Å²) in [5, 5.41) is 4.14. The lowest BCUT2D eigenvalue weighted by molar-refractivity contribution is 0.484. The van der Waals surface area contributed by atoms with E-state index in [1.807, 2.05) is 25.1 Å². The molecule has 0 spiro atoms. The Bertz CT molecular complexity index is 563. The Labute approximate surface area is 125 Å². The van der Waals surface area contributed by atoms with E-state index in [1.165, 1.54) is 0 Å². The summed E-state index contributed by atoms with van der Waals surface area (Å²) in [6, 6.07) is 6.34. The van der Waals surface area contributed by atoms with Gasteiger partial charge in [-0.15, -0.1) is 0 Å². The van der Waals surface area contributed by atoms with Crippen molar-refractivity contribution in [2.24, 2.45) is 0 Å². The fraction of sp³-hybridized carbons (Fsp3) is 0.438. The van der Waals surface area contributed by atoms with Crippen molar-refractivity contribution in [2.75, 3.05) is 6.54 Å². The zero-order valence-corrected chi connectivity index (χ0v) is 13.0. The molecule has 1 N–H and O–H groups in total. The van der Waals surface area contributed by atoms with E-state index < -0.39 is 0 Å². The second kappa shape index (κ2) is 6.91. The predicted molar refractivity (Wildman–Crippen MR) is 83.1 cm³/mol. The standard InChI is InChI=1S/C16H21ClN2O/c1-11(2)18-9-5-8-16-19-10-15(20-16)13-6-4-7-14(17)12(13)3/h4,6-7,10-11,18H,5,8-9H2,1-3H3. The highest BCUT2D eigenvalue weighted by Gasteiger charge is 2.10. The molecule has 0 aliphatic carbocycles. The molecule has 4 heteroatoms. The van der Waals surface area contributed by atoms with Crippen LogP contribution in [0.2, 0.25) is 5.02 Å². The van der Waals surface area contributed by atoms with Crippen LogP contribution in [0.15, 0.2) is 28.8 Å². The molecule has 0 radical (unpaired) electrons. The molecule has 108 valence electrons. The highest BCUT2D eigenvalue weighted by Crippen LogP contribution is 2.28. The summed E-state index contributed by atoms with van der Waals surface area (Å²) in [4.78, 5) is 4.34. The first-order valence-electron chi connectivity index (χ1n) is 7.01. The van der Waals surface area contributed by atoms with E-state index in [4.69, 9.17) is 16.0 Å². The topological polar surface area (TPSA) is 38.1 Å². The molecular formula is C16H21ClN2O. The van der Waals surface area contributed by atoms with Gasteiger partial charge >= 0.3 is 0 Å². The number of nitrogens with zero attached hydrogens (tertiary/aromatic N) is 1. The molecule has 3 nitrogen and oxygen atoms in total. The second-order valence-electron chi connectivity index (χ2n) is 5.24. The van der Waals surface area contributed by atoms with Gasteiger partial charge in [0.15, 0.2) is 11.7 Å². The normalized spacial score (nSPS) is 11.2. The van der Waals surface area contributed by atoms with Gasteiger partial charge in [-0.3, -0.25) is 0 Å². The smallest absolute Gasteiger partial charge is 0.194 e. The quantitative estimate of drug-likeness (QED) is 0.810. The zero-order chi connectivity index (χ0) is 14.5. The molecule has 1 aromatic heterocycles. The maximum absolute atomic E-state index is 6.13. The molecule has 0 fully saturated rings. The summed E-state index contributed by atoms with van der Waals surface area (Å²) in [7, 11) is 0. The van der Waals surface area contributed by atoms with Crippen LogP contribution < -0.4 is 5.32 Å². The number of aryl methyl sites for hydroxylation is 1. The van der Waals surface area contributed by atoms with Crippen LogP contribution in [0, 0.1) is 6.92 Å². The van der Waals surface area contributed by atoms with E-state index in [0.29, 0.717) is 6.04 Å². The summed E-state index contributed by atoms with van der Waals surface area (Å²) in [6.07, 6.45) is 3.65. The third kappa shape index (κ3) is 3.84. The molecule has 0 aliphatic rings. The number of halogens is 1. The molecule has 1 aromatic carbocycles. The molecule has 20 heavy (non-hydrogen) atoms. The van der Waals surface area contributed by atoms with Crippen LogP contribution in [0.25, 0.3) is 11.3 Å². The first-order chi connectivity index (χ1) is 9.58. The van der Waals surface area contributed by atoms with Crippen molar-refractivity contribution < 1.29 is 4.42 Å². The molecule has 0 saturated carbocycles. The van der Waals surface area contributed by atoms with E-state index >= 15 is 0 Å².